The molecule has 0 unspecified atom stereocenters. The maximum absolute atomic E-state index is 12.0. The fourth-order valence-corrected chi connectivity index (χ4v) is 3.33. The maximum Gasteiger partial charge on any atom is 0.313 e. The second-order valence-corrected chi connectivity index (χ2v) is 6.51. The minimum absolute atomic E-state index is 0.161. The van der Waals surface area contributed by atoms with Gasteiger partial charge >= 0.3 is 5.97 Å². The Morgan fingerprint density at radius 3 is 2.50 bits per heavy atom. The van der Waals surface area contributed by atoms with E-state index in [9.17, 15) is 9.59 Å². The molecule has 0 radical (unpaired) electrons. The third kappa shape index (κ3) is 4.46. The van der Waals surface area contributed by atoms with Crippen molar-refractivity contribution in [3.63, 3.8) is 0 Å². The molecular formula is C20H18N2O3S. The number of thioether (sulfide) groups is 1. The summed E-state index contributed by atoms with van der Waals surface area (Å²) in [6, 6.07) is 17.4. The number of Topliss-reactive ketones (excluding diaryl/α,β-unsaturated/α-hetero) is 1. The highest BCUT2D eigenvalue weighted by molar-refractivity contribution is 8.00. The Kier molecular flexibility index (Phi) is 5.96. The molecule has 5 nitrogen and oxygen atoms in total. The van der Waals surface area contributed by atoms with Gasteiger partial charge in [0, 0.05) is 10.9 Å². The van der Waals surface area contributed by atoms with E-state index >= 15 is 0 Å². The molecule has 1 aromatic heterocycles. The minimum Gasteiger partial charge on any atom is -0.466 e. The van der Waals surface area contributed by atoms with Crippen molar-refractivity contribution in [2.45, 2.75) is 18.4 Å². The number of hydrogen-bond donors (Lipinski definition) is 0. The first kappa shape index (κ1) is 18.1. The van der Waals surface area contributed by atoms with Crippen LogP contribution in [0.15, 0.2) is 59.6 Å². The fraction of sp³-hybridized carbons (Fsp3) is 0.200. The van der Waals surface area contributed by atoms with E-state index < -0.39 is 5.97 Å². The highest BCUT2D eigenvalue weighted by atomic mass is 32.2. The summed E-state index contributed by atoms with van der Waals surface area (Å²) in [5.74, 6) is 0.103. The van der Waals surface area contributed by atoms with Gasteiger partial charge in [-0.1, -0.05) is 60.3 Å². The predicted molar refractivity (Wildman–Crippen MR) is 102 cm³/mol. The molecule has 0 N–H and O–H groups in total. The van der Waals surface area contributed by atoms with Crippen molar-refractivity contribution in [3.05, 3.63) is 54.6 Å². The Balaban J connectivity index is 1.85. The molecule has 0 saturated carbocycles. The summed E-state index contributed by atoms with van der Waals surface area (Å²) >= 11 is 1.32. The van der Waals surface area contributed by atoms with Crippen molar-refractivity contribution >= 4 is 34.4 Å². The summed E-state index contributed by atoms with van der Waals surface area (Å²) < 4.78 is 4.82. The molecular weight excluding hydrogens is 348 g/mol. The van der Waals surface area contributed by atoms with E-state index in [1.165, 1.54) is 11.8 Å². The second-order valence-electron chi connectivity index (χ2n) is 5.54. The third-order valence-electron chi connectivity index (χ3n) is 3.62. The van der Waals surface area contributed by atoms with Crippen LogP contribution in [0.5, 0.6) is 0 Å². The fourth-order valence-electron chi connectivity index (χ4n) is 2.45. The zero-order chi connectivity index (χ0) is 18.4. The highest BCUT2D eigenvalue weighted by Crippen LogP contribution is 2.28. The number of ether oxygens (including phenoxy) is 1. The van der Waals surface area contributed by atoms with E-state index in [1.54, 1.807) is 6.92 Å². The number of fused-ring (bicyclic) bond motifs is 1. The molecule has 0 aliphatic heterocycles. The number of esters is 1. The molecule has 3 rings (SSSR count). The number of para-hydroxylation sites is 1. The van der Waals surface area contributed by atoms with Crippen molar-refractivity contribution in [1.29, 1.82) is 0 Å². The van der Waals surface area contributed by atoms with Crippen LogP contribution in [0.4, 0.5) is 0 Å². The van der Waals surface area contributed by atoms with Gasteiger partial charge in [-0.3, -0.25) is 9.59 Å². The van der Waals surface area contributed by atoms with Crippen molar-refractivity contribution in [3.8, 4) is 11.4 Å². The molecule has 2 aromatic carbocycles. The molecule has 6 heteroatoms. The molecule has 1 heterocycles. The summed E-state index contributed by atoms with van der Waals surface area (Å²) in [6.45, 7) is 1.99. The minimum atomic E-state index is -0.490. The maximum atomic E-state index is 12.0. The zero-order valence-corrected chi connectivity index (χ0v) is 15.2. The van der Waals surface area contributed by atoms with E-state index in [-0.39, 0.29) is 24.6 Å². The monoisotopic (exact) mass is 366 g/mol. The lowest BCUT2D eigenvalue weighted by Crippen LogP contribution is -2.12. The number of rotatable bonds is 7. The van der Waals surface area contributed by atoms with Gasteiger partial charge in [-0.25, -0.2) is 9.97 Å². The Morgan fingerprint density at radius 1 is 1.00 bits per heavy atom. The smallest absolute Gasteiger partial charge is 0.313 e. The topological polar surface area (TPSA) is 69.2 Å². The molecule has 132 valence electrons. The van der Waals surface area contributed by atoms with Crippen molar-refractivity contribution in [1.82, 2.24) is 9.97 Å². The lowest BCUT2D eigenvalue weighted by atomic mass is 10.2. The van der Waals surface area contributed by atoms with Gasteiger partial charge in [0.15, 0.2) is 11.6 Å². The second kappa shape index (κ2) is 8.58. The molecule has 3 aromatic rings. The molecule has 0 bridgehead atoms. The van der Waals surface area contributed by atoms with E-state index in [4.69, 9.17) is 4.74 Å². The van der Waals surface area contributed by atoms with Crippen LogP contribution in [0.25, 0.3) is 22.3 Å². The number of ketones is 1. The number of nitrogens with zero attached hydrogens (tertiary/aromatic N) is 2. The van der Waals surface area contributed by atoms with Crippen LogP contribution in [0, 0.1) is 0 Å². The molecule has 0 aliphatic rings. The van der Waals surface area contributed by atoms with Crippen molar-refractivity contribution in [2.24, 2.45) is 0 Å². The average Bonchev–Trinajstić information content (AvgIpc) is 2.66. The Morgan fingerprint density at radius 2 is 1.73 bits per heavy atom. The van der Waals surface area contributed by atoms with Crippen LogP contribution in [0.2, 0.25) is 0 Å². The molecule has 0 aliphatic carbocycles. The highest BCUT2D eigenvalue weighted by Gasteiger charge is 2.14. The SMILES string of the molecule is CCOC(=O)CC(=O)CSc1nc(-c2ccccc2)nc2ccccc12. The van der Waals surface area contributed by atoms with Crippen LogP contribution in [-0.4, -0.2) is 34.1 Å². The summed E-state index contributed by atoms with van der Waals surface area (Å²) in [5, 5.41) is 1.62. The van der Waals surface area contributed by atoms with Crippen LogP contribution >= 0.6 is 11.8 Å². The third-order valence-corrected chi connectivity index (χ3v) is 4.67. The van der Waals surface area contributed by atoms with E-state index in [2.05, 4.69) is 9.97 Å². The van der Waals surface area contributed by atoms with Crippen molar-refractivity contribution < 1.29 is 14.3 Å². The van der Waals surface area contributed by atoms with Gasteiger partial charge in [-0.05, 0) is 13.0 Å². The largest absolute Gasteiger partial charge is 0.466 e. The summed E-state index contributed by atoms with van der Waals surface area (Å²) in [5.41, 5.74) is 1.74. The standard InChI is InChI=1S/C20H18N2O3S/c1-2-25-18(24)12-15(23)13-26-20-16-10-6-7-11-17(16)21-19(22-20)14-8-4-3-5-9-14/h3-11H,2,12-13H2,1H3. The van der Waals surface area contributed by atoms with Gasteiger partial charge in [0.1, 0.15) is 11.4 Å². The Labute approximate surface area is 155 Å². The number of carbonyl (C=O) groups is 2. The molecule has 0 atom stereocenters. The number of hydrogen-bond acceptors (Lipinski definition) is 6. The number of carbonyl (C=O) groups excluding carboxylic acids is 2. The lowest BCUT2D eigenvalue weighted by molar-refractivity contribution is -0.145. The van der Waals surface area contributed by atoms with Gasteiger partial charge < -0.3 is 4.74 Å². The molecule has 0 amide bonds. The van der Waals surface area contributed by atoms with Gasteiger partial charge in [0.2, 0.25) is 0 Å². The molecule has 0 fully saturated rings. The quantitative estimate of drug-likeness (QED) is 0.273. The first-order chi connectivity index (χ1) is 12.7. The van der Waals surface area contributed by atoms with Crippen molar-refractivity contribution in [2.75, 3.05) is 12.4 Å². The van der Waals surface area contributed by atoms with Gasteiger partial charge in [0.05, 0.1) is 17.9 Å². The summed E-state index contributed by atoms with van der Waals surface area (Å²) in [6.07, 6.45) is -0.213. The Bertz CT molecular complexity index is 929. The zero-order valence-electron chi connectivity index (χ0n) is 14.3. The lowest BCUT2D eigenvalue weighted by Gasteiger charge is -2.08. The Hall–Kier alpha value is -2.73. The normalized spacial score (nSPS) is 10.7. The van der Waals surface area contributed by atoms with Crippen LogP contribution in [0.1, 0.15) is 13.3 Å². The van der Waals surface area contributed by atoms with Gasteiger partial charge in [-0.2, -0.15) is 0 Å². The van der Waals surface area contributed by atoms with Gasteiger partial charge in [-0.15, -0.1) is 0 Å². The average molecular weight is 366 g/mol. The van der Waals surface area contributed by atoms with E-state index in [1.807, 2.05) is 54.6 Å². The molecule has 0 spiro atoms. The first-order valence-electron chi connectivity index (χ1n) is 8.29. The number of benzene rings is 2. The van der Waals surface area contributed by atoms with Crippen LogP contribution < -0.4 is 0 Å². The number of aromatic nitrogens is 2. The van der Waals surface area contributed by atoms with E-state index in [0.29, 0.717) is 5.82 Å². The van der Waals surface area contributed by atoms with Gasteiger partial charge in [0.25, 0.3) is 0 Å². The predicted octanol–water partition coefficient (Wildman–Crippen LogP) is 3.91. The van der Waals surface area contributed by atoms with Crippen LogP contribution in [-0.2, 0) is 14.3 Å². The summed E-state index contributed by atoms with van der Waals surface area (Å²) in [7, 11) is 0. The molecule has 26 heavy (non-hydrogen) atoms. The summed E-state index contributed by atoms with van der Waals surface area (Å²) in [4.78, 5) is 32.7. The van der Waals surface area contributed by atoms with E-state index in [0.717, 1.165) is 21.5 Å². The van der Waals surface area contributed by atoms with Crippen LogP contribution in [0.3, 0.4) is 0 Å². The first-order valence-corrected chi connectivity index (χ1v) is 9.28. The molecule has 0 saturated heterocycles.